The van der Waals surface area contributed by atoms with E-state index in [2.05, 4.69) is 42.0 Å². The van der Waals surface area contributed by atoms with Crippen molar-refractivity contribution in [2.75, 3.05) is 0 Å². The van der Waals surface area contributed by atoms with Crippen LogP contribution < -0.4 is 4.74 Å². The van der Waals surface area contributed by atoms with E-state index in [1.807, 2.05) is 25.4 Å². The maximum absolute atomic E-state index is 6.11. The molecule has 0 saturated heterocycles. The Bertz CT molecular complexity index is 927. The van der Waals surface area contributed by atoms with E-state index < -0.39 is 0 Å². The lowest BCUT2D eigenvalue weighted by Gasteiger charge is -2.14. The van der Waals surface area contributed by atoms with Crippen molar-refractivity contribution in [2.45, 2.75) is 71.8 Å². The van der Waals surface area contributed by atoms with Gasteiger partial charge in [-0.25, -0.2) is 4.98 Å². The molecule has 0 unspecified atom stereocenters. The van der Waals surface area contributed by atoms with Gasteiger partial charge in [-0.3, -0.25) is 4.98 Å². The van der Waals surface area contributed by atoms with Crippen molar-refractivity contribution in [3.05, 3.63) is 64.9 Å². The van der Waals surface area contributed by atoms with Crippen LogP contribution >= 0.6 is 0 Å². The van der Waals surface area contributed by atoms with E-state index in [9.17, 15) is 0 Å². The van der Waals surface area contributed by atoms with Crippen LogP contribution in [0.4, 0.5) is 0 Å². The van der Waals surface area contributed by atoms with Gasteiger partial charge in [0.2, 0.25) is 0 Å². The lowest BCUT2D eigenvalue weighted by molar-refractivity contribution is 0.297. The lowest BCUT2D eigenvalue weighted by atomic mass is 10.00. The van der Waals surface area contributed by atoms with E-state index in [-0.39, 0.29) is 0 Å². The Labute approximate surface area is 173 Å². The van der Waals surface area contributed by atoms with Gasteiger partial charge in [-0.05, 0) is 68.5 Å². The highest BCUT2D eigenvalue weighted by Gasteiger charge is 2.18. The number of benzene rings is 1. The van der Waals surface area contributed by atoms with Gasteiger partial charge in [0.15, 0.2) is 0 Å². The van der Waals surface area contributed by atoms with Crippen LogP contribution in [0, 0.1) is 20.8 Å². The minimum absolute atomic E-state index is 0.483. The number of hydrogen-bond acceptors (Lipinski definition) is 3. The summed E-state index contributed by atoms with van der Waals surface area (Å²) in [5.74, 6) is 2.68. The van der Waals surface area contributed by atoms with Crippen molar-refractivity contribution in [3.63, 3.8) is 0 Å². The molecular formula is C25H31N3O. The summed E-state index contributed by atoms with van der Waals surface area (Å²) in [7, 11) is 0. The average Bonchev–Trinajstić information content (AvgIpc) is 3.04. The zero-order valence-corrected chi connectivity index (χ0v) is 17.8. The summed E-state index contributed by atoms with van der Waals surface area (Å²) in [5, 5.41) is 0. The summed E-state index contributed by atoms with van der Waals surface area (Å²) >= 11 is 0. The van der Waals surface area contributed by atoms with Gasteiger partial charge < -0.3 is 9.72 Å². The quantitative estimate of drug-likeness (QED) is 0.513. The molecule has 0 aliphatic heterocycles. The van der Waals surface area contributed by atoms with Crippen molar-refractivity contribution >= 4 is 0 Å². The Kier molecular flexibility index (Phi) is 5.98. The Morgan fingerprint density at radius 1 is 0.931 bits per heavy atom. The molecule has 0 bridgehead atoms. The third-order valence-corrected chi connectivity index (χ3v) is 5.95. The first-order chi connectivity index (χ1) is 14.1. The van der Waals surface area contributed by atoms with Gasteiger partial charge in [0.25, 0.3) is 0 Å². The van der Waals surface area contributed by atoms with Crippen LogP contribution in [0.2, 0.25) is 0 Å². The van der Waals surface area contributed by atoms with Crippen LogP contribution in [0.5, 0.6) is 5.75 Å². The molecule has 3 aromatic rings. The second kappa shape index (κ2) is 8.81. The van der Waals surface area contributed by atoms with E-state index in [0.717, 1.165) is 39.7 Å². The molecule has 4 rings (SSSR count). The van der Waals surface area contributed by atoms with E-state index >= 15 is 0 Å². The molecule has 0 atom stereocenters. The van der Waals surface area contributed by atoms with Gasteiger partial charge >= 0.3 is 0 Å². The van der Waals surface area contributed by atoms with Crippen LogP contribution in [-0.2, 0) is 6.61 Å². The normalized spacial score (nSPS) is 15.3. The molecule has 1 N–H and O–H groups in total. The molecule has 2 heterocycles. The number of rotatable bonds is 5. The highest BCUT2D eigenvalue weighted by Crippen LogP contribution is 2.33. The lowest BCUT2D eigenvalue weighted by Crippen LogP contribution is -2.01. The van der Waals surface area contributed by atoms with E-state index in [1.165, 1.54) is 44.1 Å². The minimum atomic E-state index is 0.483. The van der Waals surface area contributed by atoms with Gasteiger partial charge in [-0.15, -0.1) is 0 Å². The molecule has 1 saturated carbocycles. The summed E-state index contributed by atoms with van der Waals surface area (Å²) in [6.45, 7) is 6.74. The first-order valence-electron chi connectivity index (χ1n) is 10.8. The highest BCUT2D eigenvalue weighted by atomic mass is 16.5. The number of imidazole rings is 1. The number of ether oxygens (including phenoxy) is 1. The highest BCUT2D eigenvalue weighted by molar-refractivity contribution is 5.64. The molecule has 29 heavy (non-hydrogen) atoms. The second-order valence-electron chi connectivity index (χ2n) is 8.43. The molecular weight excluding hydrogens is 358 g/mol. The standard InChI is InChI=1S/C25H31N3O/c1-17-10-11-22(26-14-17)16-29-24-18(2)12-21(13-19(24)3)23-15-27-25(28-23)20-8-6-4-5-7-9-20/h10-15,20H,4-9,16H2,1-3H3,(H,27,28). The molecule has 4 heteroatoms. The van der Waals surface area contributed by atoms with Crippen LogP contribution in [0.1, 0.15) is 72.7 Å². The minimum Gasteiger partial charge on any atom is -0.487 e. The molecule has 0 spiro atoms. The zero-order valence-electron chi connectivity index (χ0n) is 17.8. The van der Waals surface area contributed by atoms with Crippen LogP contribution in [0.25, 0.3) is 11.3 Å². The predicted octanol–water partition coefficient (Wildman–Crippen LogP) is 6.41. The number of aromatic nitrogens is 3. The van der Waals surface area contributed by atoms with Crippen molar-refractivity contribution in [3.8, 4) is 17.0 Å². The second-order valence-corrected chi connectivity index (χ2v) is 8.43. The fourth-order valence-electron chi connectivity index (χ4n) is 4.31. The molecule has 1 aliphatic rings. The molecule has 4 nitrogen and oxygen atoms in total. The SMILES string of the molecule is Cc1ccc(COc2c(C)cc(-c3cnc(C4CCCCCC4)[nH]3)cc2C)nc1. The topological polar surface area (TPSA) is 50.8 Å². The Hall–Kier alpha value is -2.62. The maximum atomic E-state index is 6.11. The maximum Gasteiger partial charge on any atom is 0.130 e. The molecule has 152 valence electrons. The van der Waals surface area contributed by atoms with Gasteiger partial charge in [0.1, 0.15) is 18.2 Å². The first-order valence-corrected chi connectivity index (χ1v) is 10.8. The summed E-state index contributed by atoms with van der Waals surface area (Å²) in [4.78, 5) is 12.8. The van der Waals surface area contributed by atoms with E-state index in [0.29, 0.717) is 12.5 Å². The monoisotopic (exact) mass is 389 g/mol. The number of nitrogens with one attached hydrogen (secondary N) is 1. The molecule has 1 fully saturated rings. The van der Waals surface area contributed by atoms with Crippen LogP contribution in [0.15, 0.2) is 36.7 Å². The Morgan fingerprint density at radius 3 is 2.31 bits per heavy atom. The van der Waals surface area contributed by atoms with Crippen LogP contribution in [-0.4, -0.2) is 15.0 Å². The van der Waals surface area contributed by atoms with E-state index in [4.69, 9.17) is 9.72 Å². The first kappa shape index (κ1) is 19.7. The largest absolute Gasteiger partial charge is 0.487 e. The number of aryl methyl sites for hydroxylation is 3. The third-order valence-electron chi connectivity index (χ3n) is 5.95. The molecule has 0 radical (unpaired) electrons. The molecule has 1 aliphatic carbocycles. The van der Waals surface area contributed by atoms with Gasteiger partial charge in [-0.2, -0.15) is 0 Å². The van der Waals surface area contributed by atoms with Crippen LogP contribution in [0.3, 0.4) is 0 Å². The molecule has 1 aromatic carbocycles. The summed E-state index contributed by atoms with van der Waals surface area (Å²) in [5.41, 5.74) is 6.65. The molecule has 2 aromatic heterocycles. The number of pyridine rings is 1. The fourth-order valence-corrected chi connectivity index (χ4v) is 4.31. The zero-order chi connectivity index (χ0) is 20.2. The van der Waals surface area contributed by atoms with E-state index in [1.54, 1.807) is 0 Å². The number of nitrogens with zero attached hydrogens (tertiary/aromatic N) is 2. The number of aromatic amines is 1. The molecule has 0 amide bonds. The average molecular weight is 390 g/mol. The predicted molar refractivity (Wildman–Crippen MR) is 117 cm³/mol. The smallest absolute Gasteiger partial charge is 0.130 e. The number of hydrogen-bond donors (Lipinski definition) is 1. The Morgan fingerprint density at radius 2 is 1.66 bits per heavy atom. The van der Waals surface area contributed by atoms with Gasteiger partial charge in [0, 0.05) is 17.7 Å². The van der Waals surface area contributed by atoms with Crippen molar-refractivity contribution in [2.24, 2.45) is 0 Å². The van der Waals surface area contributed by atoms with Crippen molar-refractivity contribution in [1.29, 1.82) is 0 Å². The summed E-state index contributed by atoms with van der Waals surface area (Å²) in [6.07, 6.45) is 11.7. The number of H-pyrrole nitrogens is 1. The summed E-state index contributed by atoms with van der Waals surface area (Å²) < 4.78 is 6.11. The third kappa shape index (κ3) is 4.69. The van der Waals surface area contributed by atoms with Crippen molar-refractivity contribution < 1.29 is 4.74 Å². The van der Waals surface area contributed by atoms with Gasteiger partial charge in [0.05, 0.1) is 17.6 Å². The fraction of sp³-hybridized carbons (Fsp3) is 0.440. The van der Waals surface area contributed by atoms with Gasteiger partial charge in [-0.1, -0.05) is 31.7 Å². The Balaban J connectivity index is 1.50. The summed E-state index contributed by atoms with van der Waals surface area (Å²) in [6, 6.07) is 8.47. The van der Waals surface area contributed by atoms with Crippen molar-refractivity contribution in [1.82, 2.24) is 15.0 Å².